The molecule has 18 heavy (non-hydrogen) atoms. The van der Waals surface area contributed by atoms with Gasteiger partial charge in [0, 0.05) is 20.8 Å². The van der Waals surface area contributed by atoms with Crippen LogP contribution < -0.4 is 0 Å². The predicted octanol–water partition coefficient (Wildman–Crippen LogP) is 1.12. The Hall–Kier alpha value is -0.240. The van der Waals surface area contributed by atoms with Crippen LogP contribution in [0.4, 0.5) is 0 Å². The number of hydrogen-bond donors (Lipinski definition) is 1. The molecule has 0 aromatic carbocycles. The quantitative estimate of drug-likeness (QED) is 0.498. The molecule has 2 atom stereocenters. The maximum absolute atomic E-state index is 10.3. The zero-order valence-corrected chi connectivity index (χ0v) is 12.2. The number of ether oxygens (including phenoxy) is 5. The van der Waals surface area contributed by atoms with Crippen molar-refractivity contribution in [3.8, 4) is 0 Å². The molecular weight excluding hydrogens is 240 g/mol. The van der Waals surface area contributed by atoms with Crippen molar-refractivity contribution < 1.29 is 28.8 Å². The summed E-state index contributed by atoms with van der Waals surface area (Å²) >= 11 is 0. The molecule has 0 heterocycles. The number of hydrogen-bond acceptors (Lipinski definition) is 6. The lowest BCUT2D eigenvalue weighted by molar-refractivity contribution is -0.454. The maximum atomic E-state index is 10.3. The molecule has 0 aromatic rings. The van der Waals surface area contributed by atoms with Crippen molar-refractivity contribution in [2.75, 3.05) is 34.0 Å². The zero-order valence-electron chi connectivity index (χ0n) is 12.2. The van der Waals surface area contributed by atoms with Crippen LogP contribution in [-0.2, 0) is 23.7 Å². The second kappa shape index (κ2) is 8.04. The Labute approximate surface area is 109 Å². The van der Waals surface area contributed by atoms with Gasteiger partial charge in [0.05, 0.1) is 18.8 Å². The van der Waals surface area contributed by atoms with Crippen LogP contribution in [0.2, 0.25) is 0 Å². The van der Waals surface area contributed by atoms with Crippen molar-refractivity contribution >= 4 is 0 Å². The minimum Gasteiger partial charge on any atom is -0.382 e. The SMILES string of the molecule is CCOC(OCCOC)C(O)(OC)OC(C)(C)C. The van der Waals surface area contributed by atoms with Gasteiger partial charge in [-0.1, -0.05) is 0 Å². The van der Waals surface area contributed by atoms with Gasteiger partial charge in [-0.05, 0) is 27.7 Å². The van der Waals surface area contributed by atoms with Gasteiger partial charge in [-0.2, -0.15) is 0 Å². The third-order valence-electron chi connectivity index (χ3n) is 1.92. The summed E-state index contributed by atoms with van der Waals surface area (Å²) < 4.78 is 26.0. The molecule has 0 aliphatic rings. The normalized spacial score (nSPS) is 17.5. The summed E-state index contributed by atoms with van der Waals surface area (Å²) in [5.74, 6) is -1.96. The Kier molecular flexibility index (Phi) is 7.93. The summed E-state index contributed by atoms with van der Waals surface area (Å²) in [6, 6.07) is 0. The molecule has 0 saturated carbocycles. The molecule has 0 aliphatic carbocycles. The van der Waals surface area contributed by atoms with E-state index in [0.717, 1.165) is 0 Å². The molecule has 0 amide bonds. The van der Waals surface area contributed by atoms with E-state index >= 15 is 0 Å². The molecule has 0 bridgehead atoms. The van der Waals surface area contributed by atoms with Gasteiger partial charge in [-0.25, -0.2) is 0 Å². The minimum absolute atomic E-state index is 0.264. The van der Waals surface area contributed by atoms with Crippen molar-refractivity contribution in [2.24, 2.45) is 0 Å². The summed E-state index contributed by atoms with van der Waals surface area (Å²) in [5, 5.41) is 10.3. The summed E-state index contributed by atoms with van der Waals surface area (Å²) in [4.78, 5) is 0. The molecule has 0 aliphatic heterocycles. The largest absolute Gasteiger partial charge is 0.382 e. The van der Waals surface area contributed by atoms with Gasteiger partial charge in [0.1, 0.15) is 0 Å². The lowest BCUT2D eigenvalue weighted by atomic mass is 10.2. The topological polar surface area (TPSA) is 66.4 Å². The van der Waals surface area contributed by atoms with Crippen molar-refractivity contribution in [3.63, 3.8) is 0 Å². The van der Waals surface area contributed by atoms with Crippen LogP contribution in [0.25, 0.3) is 0 Å². The fourth-order valence-electron chi connectivity index (χ4n) is 1.27. The van der Waals surface area contributed by atoms with E-state index in [9.17, 15) is 5.11 Å². The molecule has 6 heteroatoms. The fourth-order valence-corrected chi connectivity index (χ4v) is 1.27. The molecule has 110 valence electrons. The Morgan fingerprint density at radius 3 is 2.06 bits per heavy atom. The number of rotatable bonds is 9. The van der Waals surface area contributed by atoms with E-state index in [4.69, 9.17) is 23.7 Å². The van der Waals surface area contributed by atoms with Gasteiger partial charge in [0.2, 0.25) is 6.29 Å². The lowest BCUT2D eigenvalue weighted by Gasteiger charge is -2.37. The van der Waals surface area contributed by atoms with Gasteiger partial charge in [-0.15, -0.1) is 0 Å². The van der Waals surface area contributed by atoms with E-state index in [1.807, 2.05) is 0 Å². The highest BCUT2D eigenvalue weighted by molar-refractivity contribution is 4.68. The van der Waals surface area contributed by atoms with Crippen LogP contribution in [0.3, 0.4) is 0 Å². The number of aliphatic hydroxyl groups is 1. The van der Waals surface area contributed by atoms with Crippen molar-refractivity contribution in [2.45, 2.75) is 45.6 Å². The van der Waals surface area contributed by atoms with Gasteiger partial charge in [0.25, 0.3) is 0 Å². The fraction of sp³-hybridized carbons (Fsp3) is 1.00. The standard InChI is InChI=1S/C12H26O6/c1-7-16-10(17-9-8-14-5)12(13,15-6)18-11(2,3)4/h10,13H,7-9H2,1-6H3. The summed E-state index contributed by atoms with van der Waals surface area (Å²) in [7, 11) is 2.89. The predicted molar refractivity (Wildman–Crippen MR) is 66.0 cm³/mol. The van der Waals surface area contributed by atoms with Gasteiger partial charge in [0.15, 0.2) is 0 Å². The van der Waals surface area contributed by atoms with Gasteiger partial charge < -0.3 is 28.8 Å². The summed E-state index contributed by atoms with van der Waals surface area (Å²) in [5.41, 5.74) is -0.606. The molecule has 0 aromatic heterocycles. The molecule has 0 rings (SSSR count). The van der Waals surface area contributed by atoms with Crippen molar-refractivity contribution in [3.05, 3.63) is 0 Å². The highest BCUT2D eigenvalue weighted by Gasteiger charge is 2.44. The van der Waals surface area contributed by atoms with Crippen LogP contribution in [0.1, 0.15) is 27.7 Å². The smallest absolute Gasteiger partial charge is 0.335 e. The van der Waals surface area contributed by atoms with Gasteiger partial charge >= 0.3 is 5.97 Å². The summed E-state index contributed by atoms with van der Waals surface area (Å²) in [6.45, 7) is 8.20. The van der Waals surface area contributed by atoms with E-state index < -0.39 is 17.9 Å². The molecule has 0 fully saturated rings. The van der Waals surface area contributed by atoms with Crippen LogP contribution in [0, 0.1) is 0 Å². The Bertz CT molecular complexity index is 215. The molecule has 0 radical (unpaired) electrons. The van der Waals surface area contributed by atoms with Crippen molar-refractivity contribution in [1.82, 2.24) is 0 Å². The molecule has 0 saturated heterocycles. The average molecular weight is 266 g/mol. The summed E-state index contributed by atoms with van der Waals surface area (Å²) in [6.07, 6.45) is -1.04. The van der Waals surface area contributed by atoms with Crippen LogP contribution in [0.5, 0.6) is 0 Å². The first kappa shape index (κ1) is 17.8. The third-order valence-corrected chi connectivity index (χ3v) is 1.92. The highest BCUT2D eigenvalue weighted by Crippen LogP contribution is 2.25. The second-order valence-electron chi connectivity index (χ2n) is 4.70. The first-order valence-corrected chi connectivity index (χ1v) is 5.99. The van der Waals surface area contributed by atoms with Gasteiger partial charge in [-0.3, -0.25) is 0 Å². The first-order valence-electron chi connectivity index (χ1n) is 5.99. The second-order valence-corrected chi connectivity index (χ2v) is 4.70. The van der Waals surface area contributed by atoms with Crippen LogP contribution >= 0.6 is 0 Å². The van der Waals surface area contributed by atoms with Crippen molar-refractivity contribution in [1.29, 1.82) is 0 Å². The number of methoxy groups -OCH3 is 2. The van der Waals surface area contributed by atoms with E-state index in [0.29, 0.717) is 13.2 Å². The van der Waals surface area contributed by atoms with E-state index in [1.54, 1.807) is 34.8 Å². The minimum atomic E-state index is -1.96. The van der Waals surface area contributed by atoms with Crippen LogP contribution in [0.15, 0.2) is 0 Å². The monoisotopic (exact) mass is 266 g/mol. The molecule has 2 unspecified atom stereocenters. The molecule has 1 N–H and O–H groups in total. The Morgan fingerprint density at radius 2 is 1.67 bits per heavy atom. The molecule has 6 nitrogen and oxygen atoms in total. The van der Waals surface area contributed by atoms with Crippen LogP contribution in [-0.4, -0.2) is 57.0 Å². The Morgan fingerprint density at radius 1 is 1.06 bits per heavy atom. The average Bonchev–Trinajstić information content (AvgIpc) is 2.26. The van der Waals surface area contributed by atoms with E-state index in [2.05, 4.69) is 0 Å². The maximum Gasteiger partial charge on any atom is 0.335 e. The zero-order chi connectivity index (χ0) is 14.2. The molecule has 0 spiro atoms. The third kappa shape index (κ3) is 6.63. The van der Waals surface area contributed by atoms with E-state index in [1.165, 1.54) is 7.11 Å². The highest BCUT2D eigenvalue weighted by atomic mass is 16.9. The molecular formula is C12H26O6. The lowest BCUT2D eigenvalue weighted by Crippen LogP contribution is -2.53. The Balaban J connectivity index is 4.67. The van der Waals surface area contributed by atoms with E-state index in [-0.39, 0.29) is 6.61 Å². The first-order chi connectivity index (χ1) is 8.29.